The highest BCUT2D eigenvalue weighted by molar-refractivity contribution is 6.30. The van der Waals surface area contributed by atoms with E-state index >= 15 is 0 Å². The highest BCUT2D eigenvalue weighted by atomic mass is 35.5. The molecule has 0 aliphatic carbocycles. The molecule has 2 rings (SSSR count). The number of hydrogen-bond acceptors (Lipinski definition) is 3. The van der Waals surface area contributed by atoms with Gasteiger partial charge in [0.2, 0.25) is 0 Å². The van der Waals surface area contributed by atoms with Crippen LogP contribution in [0.2, 0.25) is 5.02 Å². The molecule has 58 valence electrons. The zero-order valence-corrected chi connectivity index (χ0v) is 6.43. The third-order valence-electron chi connectivity index (χ3n) is 1.61. The third kappa shape index (κ3) is 1.07. The minimum atomic E-state index is -0.234. The van der Waals surface area contributed by atoms with Gasteiger partial charge in [0.25, 0.3) is 0 Å². The molecule has 0 saturated heterocycles. The van der Waals surface area contributed by atoms with Crippen LogP contribution in [0.1, 0.15) is 11.7 Å². The summed E-state index contributed by atoms with van der Waals surface area (Å²) in [7, 11) is 0. The van der Waals surface area contributed by atoms with E-state index in [0.717, 1.165) is 5.56 Å². The van der Waals surface area contributed by atoms with E-state index in [9.17, 15) is 0 Å². The maximum atomic E-state index is 5.72. The van der Waals surface area contributed by atoms with E-state index in [1.165, 1.54) is 0 Å². The second-order valence-corrected chi connectivity index (χ2v) is 2.82. The Kier molecular flexibility index (Phi) is 1.49. The lowest BCUT2D eigenvalue weighted by Gasteiger charge is -1.98. The van der Waals surface area contributed by atoms with Gasteiger partial charge in [0.1, 0.15) is 6.17 Å². The van der Waals surface area contributed by atoms with Crippen LogP contribution in [0.4, 0.5) is 0 Å². The van der Waals surface area contributed by atoms with Crippen LogP contribution in [0.15, 0.2) is 18.2 Å². The van der Waals surface area contributed by atoms with Gasteiger partial charge in [0, 0.05) is 16.7 Å². The second-order valence-electron chi connectivity index (χ2n) is 2.38. The number of nitrogens with two attached hydrogens (primary N) is 1. The minimum absolute atomic E-state index is 0.234. The Bertz CT molecular complexity index is 290. The quantitative estimate of drug-likeness (QED) is 0.615. The first-order valence-corrected chi connectivity index (χ1v) is 3.62. The van der Waals surface area contributed by atoms with Crippen molar-refractivity contribution in [3.8, 4) is 5.75 Å². The molecular formula is C7H7ClN2O. The van der Waals surface area contributed by atoms with Gasteiger partial charge in [0.05, 0.1) is 0 Å². The van der Waals surface area contributed by atoms with Crippen LogP contribution in [-0.4, -0.2) is 0 Å². The summed E-state index contributed by atoms with van der Waals surface area (Å²) in [5.41, 5.74) is 9.19. The minimum Gasteiger partial charge on any atom is -0.406 e. The molecule has 1 heterocycles. The van der Waals surface area contributed by atoms with Crippen LogP contribution in [0.3, 0.4) is 0 Å². The maximum Gasteiger partial charge on any atom is 0.154 e. The Morgan fingerprint density at radius 1 is 1.55 bits per heavy atom. The molecular weight excluding hydrogens is 164 g/mol. The normalized spacial score (nSPS) is 21.1. The molecule has 0 bridgehead atoms. The molecule has 0 fully saturated rings. The summed E-state index contributed by atoms with van der Waals surface area (Å²) in [5.74, 6) is 0.713. The van der Waals surface area contributed by atoms with Crippen molar-refractivity contribution in [1.29, 1.82) is 0 Å². The van der Waals surface area contributed by atoms with Crippen molar-refractivity contribution in [1.82, 2.24) is 5.48 Å². The zero-order chi connectivity index (χ0) is 7.84. The van der Waals surface area contributed by atoms with Crippen LogP contribution < -0.4 is 16.1 Å². The summed E-state index contributed by atoms with van der Waals surface area (Å²) >= 11 is 5.72. The molecule has 1 aromatic rings. The lowest BCUT2D eigenvalue weighted by molar-refractivity contribution is 0.196. The Morgan fingerprint density at radius 3 is 3.18 bits per heavy atom. The van der Waals surface area contributed by atoms with Gasteiger partial charge in [0.15, 0.2) is 5.75 Å². The standard InChI is InChI=1S/C7H7ClN2O/c8-4-1-2-5-6(3-4)11-10-7(5)9/h1-3,7,10H,9H2/t7-/m0/s1. The second kappa shape index (κ2) is 2.37. The van der Waals surface area contributed by atoms with Crippen LogP contribution in [0.5, 0.6) is 5.75 Å². The Morgan fingerprint density at radius 2 is 2.36 bits per heavy atom. The van der Waals surface area contributed by atoms with E-state index in [2.05, 4.69) is 5.48 Å². The first kappa shape index (κ1) is 6.91. The maximum absolute atomic E-state index is 5.72. The molecule has 0 unspecified atom stereocenters. The van der Waals surface area contributed by atoms with E-state index < -0.39 is 0 Å². The zero-order valence-electron chi connectivity index (χ0n) is 5.67. The van der Waals surface area contributed by atoms with E-state index in [-0.39, 0.29) is 6.17 Å². The average Bonchev–Trinajstić information content (AvgIpc) is 2.32. The van der Waals surface area contributed by atoms with E-state index in [1.807, 2.05) is 6.07 Å². The Hall–Kier alpha value is -0.770. The number of fused-ring (bicyclic) bond motifs is 1. The number of nitrogens with one attached hydrogen (secondary N) is 1. The number of benzene rings is 1. The first-order chi connectivity index (χ1) is 5.27. The van der Waals surface area contributed by atoms with E-state index in [1.54, 1.807) is 12.1 Å². The molecule has 0 aromatic heterocycles. The van der Waals surface area contributed by atoms with Crippen molar-refractivity contribution in [2.45, 2.75) is 6.17 Å². The van der Waals surface area contributed by atoms with Crippen LogP contribution in [0, 0.1) is 0 Å². The molecule has 1 aliphatic heterocycles. The predicted octanol–water partition coefficient (Wildman–Crippen LogP) is 1.19. The lowest BCUT2D eigenvalue weighted by atomic mass is 10.2. The Balaban J connectivity index is 2.50. The molecule has 4 heteroatoms. The van der Waals surface area contributed by atoms with E-state index in [0.29, 0.717) is 10.8 Å². The molecule has 0 saturated carbocycles. The van der Waals surface area contributed by atoms with Gasteiger partial charge >= 0.3 is 0 Å². The highest BCUT2D eigenvalue weighted by Crippen LogP contribution is 2.30. The average molecular weight is 171 g/mol. The van der Waals surface area contributed by atoms with Crippen molar-refractivity contribution in [2.24, 2.45) is 5.73 Å². The molecule has 3 N–H and O–H groups in total. The fourth-order valence-electron chi connectivity index (χ4n) is 1.04. The van der Waals surface area contributed by atoms with Gasteiger partial charge in [-0.25, -0.2) is 0 Å². The summed E-state index contributed by atoms with van der Waals surface area (Å²) in [6, 6.07) is 5.37. The third-order valence-corrected chi connectivity index (χ3v) is 1.84. The number of hydrogen-bond donors (Lipinski definition) is 2. The first-order valence-electron chi connectivity index (χ1n) is 3.25. The van der Waals surface area contributed by atoms with Gasteiger partial charge < -0.3 is 10.6 Å². The van der Waals surface area contributed by atoms with Gasteiger partial charge in [-0.3, -0.25) is 0 Å². The Labute approximate surface area is 69.1 Å². The summed E-state index contributed by atoms with van der Waals surface area (Å²) in [5, 5.41) is 0.652. The van der Waals surface area contributed by atoms with Gasteiger partial charge in [-0.1, -0.05) is 17.7 Å². The van der Waals surface area contributed by atoms with Crippen molar-refractivity contribution < 1.29 is 4.84 Å². The fraction of sp³-hybridized carbons (Fsp3) is 0.143. The fourth-order valence-corrected chi connectivity index (χ4v) is 1.21. The smallest absolute Gasteiger partial charge is 0.154 e. The lowest BCUT2D eigenvalue weighted by Crippen LogP contribution is -2.23. The molecule has 0 spiro atoms. The number of halogens is 1. The van der Waals surface area contributed by atoms with E-state index in [4.69, 9.17) is 22.2 Å². The predicted molar refractivity (Wildman–Crippen MR) is 42.1 cm³/mol. The topological polar surface area (TPSA) is 47.3 Å². The monoisotopic (exact) mass is 170 g/mol. The number of rotatable bonds is 0. The van der Waals surface area contributed by atoms with Crippen molar-refractivity contribution in [2.75, 3.05) is 0 Å². The molecule has 11 heavy (non-hydrogen) atoms. The van der Waals surface area contributed by atoms with Gasteiger partial charge in [-0.15, -0.1) is 5.48 Å². The van der Waals surface area contributed by atoms with Crippen LogP contribution >= 0.6 is 11.6 Å². The summed E-state index contributed by atoms with van der Waals surface area (Å²) in [6.07, 6.45) is -0.234. The highest BCUT2D eigenvalue weighted by Gasteiger charge is 2.19. The van der Waals surface area contributed by atoms with Crippen molar-refractivity contribution in [3.63, 3.8) is 0 Å². The molecule has 0 radical (unpaired) electrons. The van der Waals surface area contributed by atoms with Gasteiger partial charge in [-0.05, 0) is 6.07 Å². The van der Waals surface area contributed by atoms with Crippen molar-refractivity contribution in [3.05, 3.63) is 28.8 Å². The largest absolute Gasteiger partial charge is 0.406 e. The van der Waals surface area contributed by atoms with Crippen LogP contribution in [-0.2, 0) is 0 Å². The summed E-state index contributed by atoms with van der Waals surface area (Å²) in [4.78, 5) is 5.03. The molecule has 0 amide bonds. The molecule has 3 nitrogen and oxygen atoms in total. The van der Waals surface area contributed by atoms with Gasteiger partial charge in [-0.2, -0.15) is 0 Å². The number of hydroxylamine groups is 1. The molecule has 1 atom stereocenters. The summed E-state index contributed by atoms with van der Waals surface area (Å²) in [6.45, 7) is 0. The van der Waals surface area contributed by atoms with Crippen molar-refractivity contribution >= 4 is 11.6 Å². The SMILES string of the molecule is N[C@H]1NOc2cc(Cl)ccc21. The molecule has 1 aromatic carbocycles. The van der Waals surface area contributed by atoms with Crippen LogP contribution in [0.25, 0.3) is 0 Å². The summed E-state index contributed by atoms with van der Waals surface area (Å²) < 4.78 is 0. The molecule has 1 aliphatic rings.